The number of urea groups is 1. The van der Waals surface area contributed by atoms with Gasteiger partial charge in [0.05, 0.1) is 16.4 Å². The van der Waals surface area contributed by atoms with E-state index >= 15 is 0 Å². The van der Waals surface area contributed by atoms with E-state index in [4.69, 9.17) is 11.6 Å². The lowest BCUT2D eigenvalue weighted by Gasteiger charge is -2.34. The number of nitrogens with zero attached hydrogens (tertiary/aromatic N) is 2. The van der Waals surface area contributed by atoms with Crippen molar-refractivity contribution in [2.75, 3.05) is 31.5 Å². The number of thiophene rings is 1. The number of rotatable bonds is 9. The van der Waals surface area contributed by atoms with Crippen molar-refractivity contribution in [3.63, 3.8) is 0 Å². The summed E-state index contributed by atoms with van der Waals surface area (Å²) in [6.45, 7) is 0.529. The van der Waals surface area contributed by atoms with Gasteiger partial charge in [-0.1, -0.05) is 17.7 Å². The van der Waals surface area contributed by atoms with Gasteiger partial charge in [0.25, 0.3) is 0 Å². The summed E-state index contributed by atoms with van der Waals surface area (Å²) < 4.78 is 66.8. The molecule has 1 aromatic heterocycles. The molecule has 2 aliphatic heterocycles. The highest BCUT2D eigenvalue weighted by Crippen LogP contribution is 2.30. The second kappa shape index (κ2) is 13.4. The van der Waals surface area contributed by atoms with Crippen LogP contribution < -0.4 is 15.4 Å². The van der Waals surface area contributed by atoms with E-state index in [0.717, 1.165) is 17.5 Å². The number of anilines is 1. The SMILES string of the molecule is O=C(NCC1CCCN1C(=O)CN1CCCC(NS(=O)(=O)/C=C/c2ccc(Cl)s2)C1=O)Nc1cccc(C(F)(F)F)c1. The molecule has 0 radical (unpaired) electrons. The number of nitrogens with one attached hydrogen (secondary N) is 3. The molecule has 0 saturated carbocycles. The molecule has 2 saturated heterocycles. The predicted octanol–water partition coefficient (Wildman–Crippen LogP) is 4.11. The molecule has 4 amide bonds. The zero-order chi connectivity index (χ0) is 30.5. The first-order valence-electron chi connectivity index (χ1n) is 13.1. The number of benzene rings is 1. The van der Waals surface area contributed by atoms with E-state index in [9.17, 15) is 36.0 Å². The van der Waals surface area contributed by atoms with Crippen molar-refractivity contribution in [3.8, 4) is 0 Å². The lowest BCUT2D eigenvalue weighted by Crippen LogP contribution is -2.55. The molecule has 1 aromatic carbocycles. The number of piperidine rings is 1. The van der Waals surface area contributed by atoms with E-state index in [1.807, 2.05) is 0 Å². The fraction of sp³-hybridized carbons (Fsp3) is 0.423. The van der Waals surface area contributed by atoms with Gasteiger partial charge < -0.3 is 20.4 Å². The Hall–Kier alpha value is -3.14. The predicted molar refractivity (Wildman–Crippen MR) is 153 cm³/mol. The van der Waals surface area contributed by atoms with Crippen molar-refractivity contribution in [1.82, 2.24) is 19.8 Å². The Balaban J connectivity index is 1.28. The third-order valence-electron chi connectivity index (χ3n) is 6.81. The van der Waals surface area contributed by atoms with Crippen LogP contribution >= 0.6 is 22.9 Å². The van der Waals surface area contributed by atoms with E-state index in [1.54, 1.807) is 17.0 Å². The minimum absolute atomic E-state index is 0.0260. The first-order chi connectivity index (χ1) is 19.8. The molecule has 2 aromatic rings. The van der Waals surface area contributed by atoms with Crippen molar-refractivity contribution in [3.05, 3.63) is 56.6 Å². The van der Waals surface area contributed by atoms with Gasteiger partial charge in [0.2, 0.25) is 21.8 Å². The standard InChI is InChI=1S/C26H29ClF3N5O5S2/c27-22-9-8-20(41-22)10-13-42(39,40)33-21-7-3-11-34(24(21)37)16-23(36)35-12-2-6-19(35)15-31-25(38)32-18-5-1-4-17(14-18)26(28,29)30/h1,4-5,8-10,13-14,19,21,33H,2-3,6-7,11-12,15-16H2,(H2,31,32,38)/b13-10+. The van der Waals surface area contributed by atoms with Crippen molar-refractivity contribution >= 4 is 62.6 Å². The molecule has 42 heavy (non-hydrogen) atoms. The summed E-state index contributed by atoms with van der Waals surface area (Å²) in [4.78, 5) is 42.0. The normalized spacial score (nSPS) is 19.9. The molecule has 0 spiro atoms. The second-order valence-electron chi connectivity index (χ2n) is 9.86. The number of alkyl halides is 3. The monoisotopic (exact) mass is 647 g/mol. The summed E-state index contributed by atoms with van der Waals surface area (Å²) in [5, 5.41) is 5.92. The molecule has 16 heteroatoms. The third kappa shape index (κ3) is 8.69. The van der Waals surface area contributed by atoms with Gasteiger partial charge in [0, 0.05) is 41.6 Å². The maximum Gasteiger partial charge on any atom is 0.416 e. The van der Waals surface area contributed by atoms with Crippen LogP contribution in [0, 0.1) is 0 Å². The Morgan fingerprint density at radius 2 is 1.88 bits per heavy atom. The van der Waals surface area contributed by atoms with Crippen LogP contribution in [-0.2, 0) is 25.8 Å². The molecule has 4 rings (SSSR count). The summed E-state index contributed by atoms with van der Waals surface area (Å²) in [5.41, 5.74) is -0.919. The number of sulfonamides is 1. The average molecular weight is 648 g/mol. The number of hydrogen-bond acceptors (Lipinski definition) is 6. The average Bonchev–Trinajstić information content (AvgIpc) is 3.57. The Bertz CT molecular complexity index is 1450. The van der Waals surface area contributed by atoms with Crippen molar-refractivity contribution in [1.29, 1.82) is 0 Å². The zero-order valence-corrected chi connectivity index (χ0v) is 24.6. The maximum atomic E-state index is 13.1. The van der Waals surface area contributed by atoms with Crippen LogP contribution in [0.4, 0.5) is 23.7 Å². The molecule has 2 aliphatic rings. The van der Waals surface area contributed by atoms with Crippen molar-refractivity contribution in [2.45, 2.75) is 43.9 Å². The van der Waals surface area contributed by atoms with Crippen LogP contribution in [0.3, 0.4) is 0 Å². The topological polar surface area (TPSA) is 128 Å². The van der Waals surface area contributed by atoms with E-state index in [-0.39, 0.29) is 30.7 Å². The molecule has 0 aliphatic carbocycles. The Morgan fingerprint density at radius 3 is 2.60 bits per heavy atom. The van der Waals surface area contributed by atoms with Gasteiger partial charge in [-0.15, -0.1) is 11.3 Å². The molecular formula is C26H29ClF3N5O5S2. The van der Waals surface area contributed by atoms with Gasteiger partial charge in [0.15, 0.2) is 0 Å². The van der Waals surface area contributed by atoms with Gasteiger partial charge in [-0.05, 0) is 62.1 Å². The van der Waals surface area contributed by atoms with Crippen LogP contribution in [0.5, 0.6) is 0 Å². The Kier molecular flexibility index (Phi) is 10.2. The number of carbonyl (C=O) groups is 3. The molecule has 0 bridgehead atoms. The van der Waals surface area contributed by atoms with Gasteiger partial charge in [-0.2, -0.15) is 17.9 Å². The number of halogens is 4. The Morgan fingerprint density at radius 1 is 1.12 bits per heavy atom. The molecule has 2 atom stereocenters. The number of hydrogen-bond donors (Lipinski definition) is 3. The first kappa shape index (κ1) is 31.8. The Labute approximate surface area is 249 Å². The second-order valence-corrected chi connectivity index (χ2v) is 13.2. The van der Waals surface area contributed by atoms with Crippen LogP contribution in [-0.4, -0.2) is 74.3 Å². The van der Waals surface area contributed by atoms with E-state index in [2.05, 4.69) is 15.4 Å². The molecule has 3 heterocycles. The first-order valence-corrected chi connectivity index (χ1v) is 15.8. The van der Waals surface area contributed by atoms with Crippen LogP contribution in [0.15, 0.2) is 41.8 Å². The van der Waals surface area contributed by atoms with Gasteiger partial charge >= 0.3 is 12.2 Å². The van der Waals surface area contributed by atoms with Gasteiger partial charge in [-0.25, -0.2) is 13.2 Å². The number of carbonyl (C=O) groups excluding carboxylic acids is 3. The third-order valence-corrected chi connectivity index (χ3v) is 9.12. The highest BCUT2D eigenvalue weighted by atomic mass is 35.5. The van der Waals surface area contributed by atoms with Gasteiger partial charge in [0.1, 0.15) is 6.04 Å². The molecule has 10 nitrogen and oxygen atoms in total. The summed E-state index contributed by atoms with van der Waals surface area (Å²) >= 11 is 7.07. The highest BCUT2D eigenvalue weighted by Gasteiger charge is 2.35. The number of likely N-dealkylation sites (tertiary alicyclic amines) is 2. The van der Waals surface area contributed by atoms with E-state index in [0.29, 0.717) is 48.0 Å². The van der Waals surface area contributed by atoms with E-state index in [1.165, 1.54) is 34.4 Å². The lowest BCUT2D eigenvalue weighted by molar-refractivity contribution is -0.143. The lowest BCUT2D eigenvalue weighted by atomic mass is 10.1. The minimum atomic E-state index is -4.55. The largest absolute Gasteiger partial charge is 0.416 e. The van der Waals surface area contributed by atoms with Crippen molar-refractivity contribution in [2.24, 2.45) is 0 Å². The van der Waals surface area contributed by atoms with Crippen LogP contribution in [0.1, 0.15) is 36.1 Å². The maximum absolute atomic E-state index is 13.1. The van der Waals surface area contributed by atoms with Gasteiger partial charge in [-0.3, -0.25) is 9.59 Å². The highest BCUT2D eigenvalue weighted by molar-refractivity contribution is 7.92. The zero-order valence-electron chi connectivity index (χ0n) is 22.2. The van der Waals surface area contributed by atoms with Crippen LogP contribution in [0.2, 0.25) is 4.34 Å². The molecular weight excluding hydrogens is 619 g/mol. The summed E-state index contributed by atoms with van der Waals surface area (Å²) in [5.74, 6) is -0.844. The number of amides is 4. The molecule has 228 valence electrons. The summed E-state index contributed by atoms with van der Waals surface area (Å²) in [6.07, 6.45) is -1.11. The summed E-state index contributed by atoms with van der Waals surface area (Å²) in [6, 6.07) is 5.46. The quantitative estimate of drug-likeness (QED) is 0.378. The molecule has 2 unspecified atom stereocenters. The van der Waals surface area contributed by atoms with Crippen LogP contribution in [0.25, 0.3) is 6.08 Å². The molecule has 3 N–H and O–H groups in total. The fourth-order valence-corrected chi connectivity index (χ4v) is 6.88. The molecule has 2 fully saturated rings. The van der Waals surface area contributed by atoms with Crippen molar-refractivity contribution < 1.29 is 36.0 Å². The summed E-state index contributed by atoms with van der Waals surface area (Å²) in [7, 11) is -3.94. The fourth-order valence-electron chi connectivity index (χ4n) is 4.81. The smallest absolute Gasteiger partial charge is 0.336 e. The van der Waals surface area contributed by atoms with E-state index < -0.39 is 39.7 Å². The minimum Gasteiger partial charge on any atom is -0.336 e.